The standard InChI is InChI=1S/C61H113N2O7P/c1-7-10-13-16-19-22-25-28-29-30-31-32-33-36-39-42-45-48-51-54-61(65)70-59(52-49-46-43-40-37-34-26-23-20-17-14-11-8-2)58(57-69-71(66,67)68-56-55-63(4,5)6)62-60(64)53-50-47-44-41-38-35-27-24-21-18-15-12-9-3/h19,22,28-29,31-32,36,39,49,52,58-59H,7-18,20-21,23-27,30,33-35,37-38,40-48,50-51,53-57H2,1-6H3,(H-,62,64,66,67)/b22-19-,29-28-,32-31-,39-36-,52-49+. The zero-order valence-corrected chi connectivity index (χ0v) is 48.1. The van der Waals surface area contributed by atoms with Crippen LogP contribution in [0, 0.1) is 0 Å². The lowest BCUT2D eigenvalue weighted by Gasteiger charge is -2.30. The van der Waals surface area contributed by atoms with Crippen LogP contribution in [-0.2, 0) is 27.9 Å². The summed E-state index contributed by atoms with van der Waals surface area (Å²) in [5.41, 5.74) is 0. The second kappa shape index (κ2) is 51.2. The smallest absolute Gasteiger partial charge is 0.306 e. The Kier molecular flexibility index (Phi) is 49.6. The molecule has 0 bridgehead atoms. The molecule has 71 heavy (non-hydrogen) atoms. The number of phosphoric acid groups is 1. The van der Waals surface area contributed by atoms with Gasteiger partial charge in [-0.3, -0.25) is 14.2 Å². The number of nitrogens with one attached hydrogen (secondary N) is 1. The number of esters is 1. The van der Waals surface area contributed by atoms with Crippen LogP contribution in [0.1, 0.15) is 265 Å². The Morgan fingerprint density at radius 2 is 0.859 bits per heavy atom. The number of hydrogen-bond acceptors (Lipinski definition) is 7. The number of rotatable bonds is 53. The zero-order chi connectivity index (χ0) is 52.2. The van der Waals surface area contributed by atoms with Gasteiger partial charge in [0.1, 0.15) is 19.3 Å². The maximum atomic E-state index is 13.5. The van der Waals surface area contributed by atoms with Crippen LogP contribution in [0.4, 0.5) is 0 Å². The van der Waals surface area contributed by atoms with Crippen molar-refractivity contribution in [3.05, 3.63) is 60.8 Å². The summed E-state index contributed by atoms with van der Waals surface area (Å²) < 4.78 is 30.2. The Bertz CT molecular complexity index is 1400. The van der Waals surface area contributed by atoms with Crippen molar-refractivity contribution in [2.45, 2.75) is 277 Å². The number of unbranched alkanes of at least 4 members (excludes halogenated alkanes) is 29. The van der Waals surface area contributed by atoms with Gasteiger partial charge in [-0.05, 0) is 76.7 Å². The van der Waals surface area contributed by atoms with Gasteiger partial charge >= 0.3 is 5.97 Å². The summed E-state index contributed by atoms with van der Waals surface area (Å²) in [7, 11) is 1.17. The summed E-state index contributed by atoms with van der Waals surface area (Å²) in [5, 5.41) is 3.02. The summed E-state index contributed by atoms with van der Waals surface area (Å²) in [5.74, 6) is -0.572. The molecule has 3 unspecified atom stereocenters. The van der Waals surface area contributed by atoms with Crippen LogP contribution in [0.2, 0.25) is 0 Å². The highest BCUT2D eigenvalue weighted by Gasteiger charge is 2.27. The van der Waals surface area contributed by atoms with Crippen LogP contribution < -0.4 is 10.2 Å². The van der Waals surface area contributed by atoms with Crippen LogP contribution >= 0.6 is 7.82 Å². The topological polar surface area (TPSA) is 114 Å². The second-order valence-electron chi connectivity index (χ2n) is 21.2. The van der Waals surface area contributed by atoms with Gasteiger partial charge in [0.15, 0.2) is 0 Å². The van der Waals surface area contributed by atoms with Crippen molar-refractivity contribution in [1.29, 1.82) is 0 Å². The lowest BCUT2D eigenvalue weighted by Crippen LogP contribution is -2.47. The van der Waals surface area contributed by atoms with Crippen molar-refractivity contribution in [2.75, 3.05) is 40.9 Å². The third kappa shape index (κ3) is 52.4. The number of carbonyl (C=O) groups excluding carboxylic acids is 2. The van der Waals surface area contributed by atoms with Crippen molar-refractivity contribution in [3.8, 4) is 0 Å². The molecule has 0 aliphatic carbocycles. The third-order valence-corrected chi connectivity index (χ3v) is 13.9. The van der Waals surface area contributed by atoms with Gasteiger partial charge in [-0.2, -0.15) is 0 Å². The second-order valence-corrected chi connectivity index (χ2v) is 22.6. The molecule has 0 rings (SSSR count). The van der Waals surface area contributed by atoms with Crippen molar-refractivity contribution in [1.82, 2.24) is 5.32 Å². The first-order valence-corrected chi connectivity index (χ1v) is 31.1. The minimum absolute atomic E-state index is 0.0277. The Labute approximate surface area is 439 Å². The van der Waals surface area contributed by atoms with Gasteiger partial charge < -0.3 is 28.5 Å². The van der Waals surface area contributed by atoms with E-state index in [-0.39, 0.29) is 24.9 Å². The van der Waals surface area contributed by atoms with E-state index < -0.39 is 26.6 Å². The lowest BCUT2D eigenvalue weighted by molar-refractivity contribution is -0.870. The maximum absolute atomic E-state index is 13.5. The number of quaternary nitrogens is 1. The Hall–Kier alpha value is -2.29. The Balaban J connectivity index is 5.39. The van der Waals surface area contributed by atoms with Crippen molar-refractivity contribution >= 4 is 19.7 Å². The monoisotopic (exact) mass is 1020 g/mol. The minimum Gasteiger partial charge on any atom is -0.756 e. The molecule has 0 aliphatic heterocycles. The SMILES string of the molecule is CCCCC/C=C\C/C=C\C/C=C\C/C=C\CCCCCC(=O)OC(/C=C/CCCCCCCCCCCCC)C(COP(=O)([O-])OCC[N+](C)(C)C)NC(=O)CCCCCCCCCCCCCCC. The van der Waals surface area contributed by atoms with E-state index >= 15 is 0 Å². The molecule has 0 radical (unpaired) electrons. The van der Waals surface area contributed by atoms with E-state index in [1.54, 1.807) is 0 Å². The highest BCUT2D eigenvalue weighted by Crippen LogP contribution is 2.38. The van der Waals surface area contributed by atoms with Crippen molar-refractivity contribution < 1.29 is 37.3 Å². The first-order valence-electron chi connectivity index (χ1n) is 29.6. The number of phosphoric ester groups is 1. The predicted molar refractivity (Wildman–Crippen MR) is 302 cm³/mol. The number of ether oxygens (including phenoxy) is 1. The molecule has 10 heteroatoms. The van der Waals surface area contributed by atoms with E-state index in [1.165, 1.54) is 148 Å². The molecule has 414 valence electrons. The summed E-state index contributed by atoms with van der Waals surface area (Å²) in [6, 6.07) is -0.899. The molecular weight excluding hydrogens is 904 g/mol. The van der Waals surface area contributed by atoms with E-state index in [1.807, 2.05) is 33.3 Å². The fourth-order valence-electron chi connectivity index (χ4n) is 8.33. The molecule has 0 saturated carbocycles. The number of carbonyl (C=O) groups is 2. The van der Waals surface area contributed by atoms with Crippen LogP contribution in [0.5, 0.6) is 0 Å². The van der Waals surface area contributed by atoms with Gasteiger partial charge in [0.2, 0.25) is 5.91 Å². The predicted octanol–water partition coefficient (Wildman–Crippen LogP) is 17.3. The normalized spacial score (nSPS) is 14.2. The van der Waals surface area contributed by atoms with Gasteiger partial charge in [0.25, 0.3) is 7.82 Å². The van der Waals surface area contributed by atoms with Crippen LogP contribution in [0.3, 0.4) is 0 Å². The summed E-state index contributed by atoms with van der Waals surface area (Å²) in [6.07, 6.45) is 63.2. The number of nitrogens with zero attached hydrogens (tertiary/aromatic N) is 1. The third-order valence-electron chi connectivity index (χ3n) is 13.0. The Morgan fingerprint density at radius 3 is 1.32 bits per heavy atom. The first kappa shape index (κ1) is 68.7. The van der Waals surface area contributed by atoms with Crippen LogP contribution in [0.25, 0.3) is 0 Å². The molecule has 0 aromatic rings. The fourth-order valence-corrected chi connectivity index (χ4v) is 9.05. The van der Waals surface area contributed by atoms with Crippen LogP contribution in [0.15, 0.2) is 60.8 Å². The fraction of sp³-hybridized carbons (Fsp3) is 0.803. The maximum Gasteiger partial charge on any atom is 0.306 e. The van der Waals surface area contributed by atoms with Gasteiger partial charge in [0.05, 0.1) is 33.8 Å². The van der Waals surface area contributed by atoms with Gasteiger partial charge in [-0.1, -0.05) is 236 Å². The molecule has 0 aliphatic rings. The molecule has 0 aromatic heterocycles. The largest absolute Gasteiger partial charge is 0.756 e. The summed E-state index contributed by atoms with van der Waals surface area (Å²) >= 11 is 0. The van der Waals surface area contributed by atoms with Gasteiger partial charge in [-0.15, -0.1) is 0 Å². The molecule has 0 saturated heterocycles. The van der Waals surface area contributed by atoms with E-state index in [0.717, 1.165) is 77.0 Å². The zero-order valence-electron chi connectivity index (χ0n) is 47.2. The quantitative estimate of drug-likeness (QED) is 0.0212. The Morgan fingerprint density at radius 1 is 0.493 bits per heavy atom. The number of likely N-dealkylation sites (N-methyl/N-ethyl adjacent to an activating group) is 1. The highest BCUT2D eigenvalue weighted by atomic mass is 31.2. The molecule has 1 amide bonds. The number of hydrogen-bond donors (Lipinski definition) is 1. The molecular formula is C61H113N2O7P. The van der Waals surface area contributed by atoms with Crippen LogP contribution in [-0.4, -0.2) is 69.4 Å². The van der Waals surface area contributed by atoms with E-state index in [9.17, 15) is 19.0 Å². The summed E-state index contributed by atoms with van der Waals surface area (Å²) in [4.78, 5) is 39.9. The van der Waals surface area contributed by atoms with E-state index in [0.29, 0.717) is 23.9 Å². The average molecular weight is 1020 g/mol. The first-order chi connectivity index (χ1) is 34.4. The molecule has 0 spiro atoms. The molecule has 0 fully saturated rings. The van der Waals surface area contributed by atoms with E-state index in [4.69, 9.17) is 13.8 Å². The van der Waals surface area contributed by atoms with Crippen molar-refractivity contribution in [3.63, 3.8) is 0 Å². The van der Waals surface area contributed by atoms with E-state index in [2.05, 4.69) is 74.7 Å². The average Bonchev–Trinajstić information content (AvgIpc) is 3.33. The number of allylic oxidation sites excluding steroid dienone is 9. The summed E-state index contributed by atoms with van der Waals surface area (Å²) in [6.45, 7) is 6.80. The highest BCUT2D eigenvalue weighted by molar-refractivity contribution is 7.45. The van der Waals surface area contributed by atoms with Crippen molar-refractivity contribution in [2.24, 2.45) is 0 Å². The molecule has 0 aromatic carbocycles. The minimum atomic E-state index is -4.70. The van der Waals surface area contributed by atoms with Gasteiger partial charge in [0, 0.05) is 12.8 Å². The molecule has 0 heterocycles. The lowest BCUT2D eigenvalue weighted by atomic mass is 10.0. The molecule has 3 atom stereocenters. The van der Waals surface area contributed by atoms with Gasteiger partial charge in [-0.25, -0.2) is 0 Å². The molecule has 9 nitrogen and oxygen atoms in total. The number of amides is 1. The molecule has 1 N–H and O–H groups in total.